The van der Waals surface area contributed by atoms with Crippen LogP contribution in [0.1, 0.15) is 11.1 Å². The Morgan fingerprint density at radius 2 is 2.29 bits per heavy atom. The SMILES string of the molecule is COc1c(C#N)ccc(CCO)c1Cl. The minimum Gasteiger partial charge on any atom is -0.494 e. The summed E-state index contributed by atoms with van der Waals surface area (Å²) in [6.45, 7) is 0.0226. The maximum absolute atomic E-state index is 8.77. The molecule has 3 nitrogen and oxygen atoms in total. The Labute approximate surface area is 87.5 Å². The van der Waals surface area contributed by atoms with Gasteiger partial charge in [-0.15, -0.1) is 0 Å². The van der Waals surface area contributed by atoms with Crippen LogP contribution in [-0.4, -0.2) is 18.8 Å². The first-order valence-electron chi connectivity index (χ1n) is 4.11. The molecular weight excluding hydrogens is 202 g/mol. The van der Waals surface area contributed by atoms with E-state index in [2.05, 4.69) is 0 Å². The summed E-state index contributed by atoms with van der Waals surface area (Å²) >= 11 is 5.98. The standard InChI is InChI=1S/C10H10ClNO2/c1-14-10-8(6-12)3-2-7(4-5-13)9(10)11/h2-3,13H,4-5H2,1H3. The van der Waals surface area contributed by atoms with Gasteiger partial charge in [-0.05, 0) is 18.1 Å². The number of aliphatic hydroxyl groups excluding tert-OH is 1. The topological polar surface area (TPSA) is 53.2 Å². The number of ether oxygens (including phenoxy) is 1. The number of rotatable bonds is 3. The van der Waals surface area contributed by atoms with Crippen LogP contribution < -0.4 is 4.74 Å². The predicted molar refractivity (Wildman–Crippen MR) is 53.5 cm³/mol. The summed E-state index contributed by atoms with van der Waals surface area (Å²) in [6.07, 6.45) is 0.459. The highest BCUT2D eigenvalue weighted by Gasteiger charge is 2.11. The number of hydrogen-bond acceptors (Lipinski definition) is 3. The van der Waals surface area contributed by atoms with Crippen molar-refractivity contribution in [2.45, 2.75) is 6.42 Å². The Balaban J connectivity index is 3.22. The first-order valence-corrected chi connectivity index (χ1v) is 4.48. The number of nitrogens with zero attached hydrogens (tertiary/aromatic N) is 1. The second-order valence-electron chi connectivity index (χ2n) is 2.70. The molecule has 0 bridgehead atoms. The lowest BCUT2D eigenvalue weighted by molar-refractivity contribution is 0.299. The van der Waals surface area contributed by atoms with Gasteiger partial charge < -0.3 is 9.84 Å². The van der Waals surface area contributed by atoms with Crippen LogP contribution in [0.15, 0.2) is 12.1 Å². The van der Waals surface area contributed by atoms with E-state index in [0.29, 0.717) is 22.8 Å². The molecule has 1 aromatic carbocycles. The van der Waals surface area contributed by atoms with Crippen molar-refractivity contribution in [2.75, 3.05) is 13.7 Å². The lowest BCUT2D eigenvalue weighted by atomic mass is 10.1. The lowest BCUT2D eigenvalue weighted by Crippen LogP contribution is -1.96. The van der Waals surface area contributed by atoms with Gasteiger partial charge in [0.1, 0.15) is 6.07 Å². The van der Waals surface area contributed by atoms with E-state index >= 15 is 0 Å². The maximum Gasteiger partial charge on any atom is 0.155 e. The average Bonchev–Trinajstić information content (AvgIpc) is 2.21. The van der Waals surface area contributed by atoms with E-state index in [1.165, 1.54) is 7.11 Å². The minimum atomic E-state index is 0.0226. The van der Waals surface area contributed by atoms with E-state index in [0.717, 1.165) is 5.56 Å². The van der Waals surface area contributed by atoms with Crippen LogP contribution in [0.5, 0.6) is 5.75 Å². The van der Waals surface area contributed by atoms with Gasteiger partial charge in [-0.3, -0.25) is 0 Å². The smallest absolute Gasteiger partial charge is 0.155 e. The van der Waals surface area contributed by atoms with Crippen molar-refractivity contribution in [1.29, 1.82) is 5.26 Å². The van der Waals surface area contributed by atoms with E-state index in [-0.39, 0.29) is 6.61 Å². The fourth-order valence-electron chi connectivity index (χ4n) is 1.20. The predicted octanol–water partition coefficient (Wildman–Crippen LogP) is 1.76. The third-order valence-electron chi connectivity index (χ3n) is 1.88. The van der Waals surface area contributed by atoms with Gasteiger partial charge in [-0.1, -0.05) is 17.7 Å². The van der Waals surface area contributed by atoms with E-state index in [4.69, 9.17) is 26.7 Å². The van der Waals surface area contributed by atoms with Crippen LogP contribution in [-0.2, 0) is 6.42 Å². The van der Waals surface area contributed by atoms with Crippen LogP contribution in [0.2, 0.25) is 5.02 Å². The van der Waals surface area contributed by atoms with Gasteiger partial charge in [0.2, 0.25) is 0 Å². The Morgan fingerprint density at radius 3 is 2.79 bits per heavy atom. The molecule has 1 rings (SSSR count). The third kappa shape index (κ3) is 1.98. The van der Waals surface area contributed by atoms with Crippen molar-refractivity contribution in [3.63, 3.8) is 0 Å². The van der Waals surface area contributed by atoms with Gasteiger partial charge >= 0.3 is 0 Å². The Bertz CT molecular complexity index is 371. The molecule has 0 aliphatic heterocycles. The second kappa shape index (κ2) is 4.85. The molecular formula is C10H10ClNO2. The van der Waals surface area contributed by atoms with E-state index in [9.17, 15) is 0 Å². The Hall–Kier alpha value is -1.24. The summed E-state index contributed by atoms with van der Waals surface area (Å²) in [6, 6.07) is 5.34. The van der Waals surface area contributed by atoms with Gasteiger partial charge in [0, 0.05) is 6.61 Å². The average molecular weight is 212 g/mol. The van der Waals surface area contributed by atoms with Crippen molar-refractivity contribution >= 4 is 11.6 Å². The number of benzene rings is 1. The van der Waals surface area contributed by atoms with Gasteiger partial charge in [-0.25, -0.2) is 0 Å². The number of aliphatic hydroxyl groups is 1. The fraction of sp³-hybridized carbons (Fsp3) is 0.300. The normalized spacial score (nSPS) is 9.57. The third-order valence-corrected chi connectivity index (χ3v) is 2.30. The van der Waals surface area contributed by atoms with Crippen LogP contribution >= 0.6 is 11.6 Å². The molecule has 0 aliphatic carbocycles. The molecule has 0 saturated heterocycles. The van der Waals surface area contributed by atoms with E-state index in [1.54, 1.807) is 12.1 Å². The largest absolute Gasteiger partial charge is 0.494 e. The van der Waals surface area contributed by atoms with Gasteiger partial charge in [0.25, 0.3) is 0 Å². The minimum absolute atomic E-state index is 0.0226. The van der Waals surface area contributed by atoms with Crippen molar-refractivity contribution < 1.29 is 9.84 Å². The molecule has 0 heterocycles. The highest BCUT2D eigenvalue weighted by molar-refractivity contribution is 6.33. The zero-order valence-electron chi connectivity index (χ0n) is 7.75. The highest BCUT2D eigenvalue weighted by atomic mass is 35.5. The molecule has 14 heavy (non-hydrogen) atoms. The van der Waals surface area contributed by atoms with Gasteiger partial charge in [0.05, 0.1) is 17.7 Å². The summed E-state index contributed by atoms with van der Waals surface area (Å²) in [5.74, 6) is 0.375. The molecule has 4 heteroatoms. The van der Waals surface area contributed by atoms with E-state index in [1.807, 2.05) is 6.07 Å². The molecule has 0 spiro atoms. The molecule has 1 N–H and O–H groups in total. The molecule has 0 radical (unpaired) electrons. The molecule has 0 atom stereocenters. The summed E-state index contributed by atoms with van der Waals surface area (Å²) in [5, 5.41) is 17.9. The lowest BCUT2D eigenvalue weighted by Gasteiger charge is -2.08. The quantitative estimate of drug-likeness (QED) is 0.829. The zero-order valence-corrected chi connectivity index (χ0v) is 8.51. The summed E-state index contributed by atoms with van der Waals surface area (Å²) in [4.78, 5) is 0. The monoisotopic (exact) mass is 211 g/mol. The van der Waals surface area contributed by atoms with Crippen molar-refractivity contribution in [2.24, 2.45) is 0 Å². The molecule has 0 aromatic heterocycles. The zero-order chi connectivity index (χ0) is 10.6. The number of methoxy groups -OCH3 is 1. The van der Waals surface area contributed by atoms with Crippen molar-refractivity contribution in [1.82, 2.24) is 0 Å². The number of halogens is 1. The fourth-order valence-corrected chi connectivity index (χ4v) is 1.53. The summed E-state index contributed by atoms with van der Waals surface area (Å²) in [5.41, 5.74) is 1.18. The maximum atomic E-state index is 8.77. The van der Waals surface area contributed by atoms with E-state index < -0.39 is 0 Å². The van der Waals surface area contributed by atoms with Crippen LogP contribution in [0.3, 0.4) is 0 Å². The Morgan fingerprint density at radius 1 is 1.57 bits per heavy atom. The number of hydrogen-bond donors (Lipinski definition) is 1. The molecule has 0 fully saturated rings. The van der Waals surface area contributed by atoms with Crippen molar-refractivity contribution in [3.05, 3.63) is 28.3 Å². The summed E-state index contributed by atoms with van der Waals surface area (Å²) < 4.78 is 5.02. The first kappa shape index (κ1) is 10.8. The summed E-state index contributed by atoms with van der Waals surface area (Å²) in [7, 11) is 1.46. The number of nitriles is 1. The molecule has 1 aromatic rings. The highest BCUT2D eigenvalue weighted by Crippen LogP contribution is 2.31. The van der Waals surface area contributed by atoms with Crippen LogP contribution in [0.25, 0.3) is 0 Å². The molecule has 0 unspecified atom stereocenters. The van der Waals surface area contributed by atoms with Crippen molar-refractivity contribution in [3.8, 4) is 11.8 Å². The van der Waals surface area contributed by atoms with Gasteiger partial charge in [0.15, 0.2) is 5.75 Å². The molecule has 74 valence electrons. The van der Waals surface area contributed by atoms with Crippen LogP contribution in [0, 0.1) is 11.3 Å². The molecule has 0 aliphatic rings. The first-order chi connectivity index (χ1) is 6.74. The molecule has 0 amide bonds. The van der Waals surface area contributed by atoms with Crippen LogP contribution in [0.4, 0.5) is 0 Å². The van der Waals surface area contributed by atoms with Gasteiger partial charge in [-0.2, -0.15) is 5.26 Å². The molecule has 0 saturated carbocycles. The second-order valence-corrected chi connectivity index (χ2v) is 3.08. The Kier molecular flexibility index (Phi) is 3.75.